The molecule has 8 heteroatoms. The molecule has 0 spiro atoms. The van der Waals surface area contributed by atoms with Crippen molar-refractivity contribution in [3.63, 3.8) is 0 Å². The summed E-state index contributed by atoms with van der Waals surface area (Å²) in [6.45, 7) is 0. The Morgan fingerprint density at radius 1 is 1.28 bits per heavy atom. The van der Waals surface area contributed by atoms with E-state index in [2.05, 4.69) is 5.10 Å². The lowest BCUT2D eigenvalue weighted by Crippen LogP contribution is -2.46. The second-order valence-electron chi connectivity index (χ2n) is 4.17. The molecule has 2 amide bonds. The van der Waals surface area contributed by atoms with E-state index >= 15 is 0 Å². The van der Waals surface area contributed by atoms with Gasteiger partial charge in [-0.2, -0.15) is 0 Å². The van der Waals surface area contributed by atoms with E-state index in [1.165, 1.54) is 38.4 Å². The topological polar surface area (TPSA) is 98.9 Å². The number of carbonyl (C=O) groups is 1. The third-order valence-corrected chi connectivity index (χ3v) is 2.50. The number of nitro benzene ring substituents is 1. The molecule has 0 saturated heterocycles. The van der Waals surface area contributed by atoms with Crippen molar-refractivity contribution in [1.29, 1.82) is 0 Å². The van der Waals surface area contributed by atoms with Crippen molar-refractivity contribution >= 4 is 23.4 Å². The predicted molar refractivity (Wildman–Crippen MR) is 60.5 cm³/mol. The normalized spacial score (nSPS) is 17.8. The number of nitrogens with zero attached hydrogens (tertiary/aromatic N) is 4. The first-order chi connectivity index (χ1) is 8.33. The second-order valence-corrected chi connectivity index (χ2v) is 4.17. The van der Waals surface area contributed by atoms with Crippen molar-refractivity contribution in [2.45, 2.75) is 0 Å². The first-order valence-electron chi connectivity index (χ1n) is 5.03. The molecule has 94 valence electrons. The SMILES string of the molecule is C[N+]1(C)N=C([O-])N(c2ccc([N+](=O)[O-])cc2)C1=O. The van der Waals surface area contributed by atoms with Crippen LogP contribution in [0.25, 0.3) is 0 Å². The number of anilines is 1. The lowest BCUT2D eigenvalue weighted by Gasteiger charge is -2.19. The van der Waals surface area contributed by atoms with Gasteiger partial charge < -0.3 is 5.11 Å². The molecule has 0 aliphatic carbocycles. The number of nitro groups is 1. The van der Waals surface area contributed by atoms with Crippen LogP contribution >= 0.6 is 0 Å². The van der Waals surface area contributed by atoms with Crippen molar-refractivity contribution in [2.24, 2.45) is 5.10 Å². The van der Waals surface area contributed by atoms with E-state index in [-0.39, 0.29) is 11.4 Å². The summed E-state index contributed by atoms with van der Waals surface area (Å²) < 4.78 is -0.421. The van der Waals surface area contributed by atoms with Crippen LogP contribution in [-0.2, 0) is 0 Å². The van der Waals surface area contributed by atoms with Crippen LogP contribution in [0.1, 0.15) is 0 Å². The van der Waals surface area contributed by atoms with Gasteiger partial charge in [-0.15, -0.1) is 4.59 Å². The molecule has 0 atom stereocenters. The van der Waals surface area contributed by atoms with Crippen LogP contribution in [0.3, 0.4) is 0 Å². The zero-order valence-corrected chi connectivity index (χ0v) is 9.73. The standard InChI is InChI=1S/C10H10N4O4/c1-14(2)10(16)12(9(15)11-14)7-3-5-8(6-4-7)13(17)18/h3-6H,1-2H3. The summed E-state index contributed by atoms with van der Waals surface area (Å²) in [6, 6.07) is 3.96. The molecule has 0 aromatic heterocycles. The third-order valence-electron chi connectivity index (χ3n) is 2.50. The van der Waals surface area contributed by atoms with Gasteiger partial charge in [-0.1, -0.05) is 5.10 Å². The van der Waals surface area contributed by atoms with Gasteiger partial charge in [0.15, 0.2) is 0 Å². The van der Waals surface area contributed by atoms with Crippen molar-refractivity contribution in [3.05, 3.63) is 34.4 Å². The van der Waals surface area contributed by atoms with E-state index < -0.39 is 21.6 Å². The number of rotatable bonds is 2. The van der Waals surface area contributed by atoms with Crippen molar-refractivity contribution in [1.82, 2.24) is 0 Å². The third kappa shape index (κ3) is 1.78. The number of amides is 2. The number of hydrogen-bond acceptors (Lipinski definition) is 5. The maximum atomic E-state index is 11.9. The maximum absolute atomic E-state index is 11.9. The molecule has 18 heavy (non-hydrogen) atoms. The number of urea groups is 1. The van der Waals surface area contributed by atoms with E-state index in [1.807, 2.05) is 0 Å². The van der Waals surface area contributed by atoms with Gasteiger partial charge in [0.1, 0.15) is 20.1 Å². The van der Waals surface area contributed by atoms with Crippen LogP contribution in [0.5, 0.6) is 0 Å². The molecule has 0 unspecified atom stereocenters. The zero-order chi connectivity index (χ0) is 13.5. The maximum Gasteiger partial charge on any atom is 0.454 e. The fourth-order valence-electron chi connectivity index (χ4n) is 1.57. The number of hydrogen-bond donors (Lipinski definition) is 0. The Hall–Kier alpha value is -2.48. The number of benzene rings is 1. The number of carbonyl (C=O) groups excluding carboxylic acids is 1. The summed E-state index contributed by atoms with van der Waals surface area (Å²) in [7, 11) is 2.96. The second kappa shape index (κ2) is 3.77. The quantitative estimate of drug-likeness (QED) is 0.426. The van der Waals surface area contributed by atoms with Gasteiger partial charge >= 0.3 is 6.03 Å². The highest BCUT2D eigenvalue weighted by Crippen LogP contribution is 2.24. The van der Waals surface area contributed by atoms with Crippen LogP contribution in [0.15, 0.2) is 29.4 Å². The molecule has 1 aliphatic rings. The largest absolute Gasteiger partial charge is 0.842 e. The number of quaternary nitrogens is 1. The lowest BCUT2D eigenvalue weighted by molar-refractivity contribution is -0.811. The van der Waals surface area contributed by atoms with E-state index in [9.17, 15) is 20.0 Å². The fourth-order valence-corrected chi connectivity index (χ4v) is 1.57. The van der Waals surface area contributed by atoms with Crippen molar-refractivity contribution < 1.29 is 19.4 Å². The summed E-state index contributed by atoms with van der Waals surface area (Å²) in [5.41, 5.74) is 0.159. The van der Waals surface area contributed by atoms with Gasteiger partial charge in [0.25, 0.3) is 5.69 Å². The molecule has 1 aromatic rings. The van der Waals surface area contributed by atoms with Gasteiger partial charge in [-0.3, -0.25) is 10.1 Å². The molecule has 2 rings (SSSR count). The highest BCUT2D eigenvalue weighted by Gasteiger charge is 2.40. The molecular formula is C10H10N4O4. The molecular weight excluding hydrogens is 240 g/mol. The molecule has 0 saturated carbocycles. The number of amidine groups is 1. The van der Waals surface area contributed by atoms with E-state index in [0.29, 0.717) is 0 Å². The van der Waals surface area contributed by atoms with Crippen LogP contribution in [-0.4, -0.2) is 35.7 Å². The highest BCUT2D eigenvalue weighted by molar-refractivity contribution is 6.11. The van der Waals surface area contributed by atoms with E-state index in [0.717, 1.165) is 4.90 Å². The van der Waals surface area contributed by atoms with Gasteiger partial charge in [0, 0.05) is 12.1 Å². The molecule has 0 N–H and O–H groups in total. The summed E-state index contributed by atoms with van der Waals surface area (Å²) in [6.07, 6.45) is 0. The summed E-state index contributed by atoms with van der Waals surface area (Å²) in [4.78, 5) is 22.7. The van der Waals surface area contributed by atoms with Crippen molar-refractivity contribution in [3.8, 4) is 0 Å². The fraction of sp³-hybridized carbons (Fsp3) is 0.200. The van der Waals surface area contributed by atoms with Crippen LogP contribution in [0, 0.1) is 10.1 Å². The van der Waals surface area contributed by atoms with Gasteiger partial charge in [0.05, 0.1) is 10.6 Å². The van der Waals surface area contributed by atoms with Gasteiger partial charge in [0.2, 0.25) is 0 Å². The van der Waals surface area contributed by atoms with Crippen LogP contribution in [0.4, 0.5) is 16.2 Å². The molecule has 0 radical (unpaired) electrons. The first kappa shape index (κ1) is 12.0. The average Bonchev–Trinajstić information content (AvgIpc) is 2.48. The molecule has 1 aromatic carbocycles. The Morgan fingerprint density at radius 2 is 1.83 bits per heavy atom. The molecule has 0 fully saturated rings. The smallest absolute Gasteiger partial charge is 0.454 e. The Balaban J connectivity index is 2.36. The minimum atomic E-state index is -0.682. The lowest BCUT2D eigenvalue weighted by atomic mass is 10.2. The minimum absolute atomic E-state index is 0.108. The minimum Gasteiger partial charge on any atom is -0.842 e. The summed E-state index contributed by atoms with van der Waals surface area (Å²) in [5, 5.41) is 25.8. The predicted octanol–water partition coefficient (Wildman–Crippen LogP) is 0.243. The highest BCUT2D eigenvalue weighted by atomic mass is 16.6. The number of non-ortho nitro benzene ring substituents is 1. The Kier molecular flexibility index (Phi) is 2.51. The molecule has 1 aliphatic heterocycles. The summed E-state index contributed by atoms with van der Waals surface area (Å²) >= 11 is 0. The summed E-state index contributed by atoms with van der Waals surface area (Å²) in [5.74, 6) is 0. The average molecular weight is 250 g/mol. The van der Waals surface area contributed by atoms with Gasteiger partial charge in [-0.05, 0) is 12.1 Å². The zero-order valence-electron chi connectivity index (χ0n) is 9.73. The Bertz CT molecular complexity index is 550. The van der Waals surface area contributed by atoms with Gasteiger partial charge in [-0.25, -0.2) is 9.69 Å². The van der Waals surface area contributed by atoms with Crippen LogP contribution < -0.4 is 10.0 Å². The molecule has 0 bridgehead atoms. The van der Waals surface area contributed by atoms with E-state index in [1.54, 1.807) is 0 Å². The Morgan fingerprint density at radius 3 is 2.22 bits per heavy atom. The van der Waals surface area contributed by atoms with Crippen molar-refractivity contribution in [2.75, 3.05) is 19.0 Å². The first-order valence-corrected chi connectivity index (χ1v) is 5.03. The molecule has 8 nitrogen and oxygen atoms in total. The van der Waals surface area contributed by atoms with Crippen LogP contribution in [0.2, 0.25) is 0 Å². The monoisotopic (exact) mass is 250 g/mol. The Labute approximate surface area is 102 Å². The molecule has 1 heterocycles. The van der Waals surface area contributed by atoms with E-state index in [4.69, 9.17) is 0 Å².